The van der Waals surface area contributed by atoms with E-state index in [0.717, 1.165) is 0 Å². The molecule has 9 heteroatoms. The number of rotatable bonds is 6. The van der Waals surface area contributed by atoms with Gasteiger partial charge in [0.25, 0.3) is 5.91 Å². The van der Waals surface area contributed by atoms with Gasteiger partial charge < -0.3 is 19.9 Å². The number of anilines is 1. The molecule has 0 bridgehead atoms. The van der Waals surface area contributed by atoms with Crippen LogP contribution in [0.1, 0.15) is 17.3 Å². The molecule has 0 saturated carbocycles. The van der Waals surface area contributed by atoms with Gasteiger partial charge in [-0.25, -0.2) is 9.78 Å². The number of halogens is 2. The fourth-order valence-electron chi connectivity index (χ4n) is 1.80. The smallest absolute Gasteiger partial charge is 0.338 e. The number of nitrogens with one attached hydrogen (secondary N) is 1. The van der Waals surface area contributed by atoms with Gasteiger partial charge in [0.15, 0.2) is 18.1 Å². The summed E-state index contributed by atoms with van der Waals surface area (Å²) in [7, 11) is 0. The molecule has 0 spiro atoms. The first-order valence-corrected chi connectivity index (χ1v) is 7.90. The minimum absolute atomic E-state index is 0.0451. The van der Waals surface area contributed by atoms with Crippen molar-refractivity contribution < 1.29 is 24.2 Å². The Morgan fingerprint density at radius 3 is 2.68 bits per heavy atom. The molecule has 1 aromatic carbocycles. The van der Waals surface area contributed by atoms with E-state index in [1.165, 1.54) is 24.4 Å². The van der Waals surface area contributed by atoms with Crippen molar-refractivity contribution in [3.8, 4) is 11.5 Å². The molecule has 0 aliphatic carbocycles. The average Bonchev–Trinajstić information content (AvgIpc) is 2.59. The number of pyridine rings is 1. The van der Waals surface area contributed by atoms with Crippen LogP contribution in [-0.4, -0.2) is 35.2 Å². The predicted octanol–water partition coefficient (Wildman–Crippen LogP) is 3.29. The van der Waals surface area contributed by atoms with Crippen LogP contribution in [0.4, 0.5) is 5.82 Å². The van der Waals surface area contributed by atoms with Gasteiger partial charge in [-0.2, -0.15) is 0 Å². The van der Waals surface area contributed by atoms with E-state index in [1.54, 1.807) is 13.0 Å². The maximum absolute atomic E-state index is 12.0. The molecular formula is C16H14Cl2N2O5. The van der Waals surface area contributed by atoms with E-state index in [-0.39, 0.29) is 34.5 Å². The minimum Gasteiger partial charge on any atom is -0.503 e. The van der Waals surface area contributed by atoms with Crippen LogP contribution in [0.25, 0.3) is 0 Å². The van der Waals surface area contributed by atoms with Gasteiger partial charge in [0, 0.05) is 6.20 Å². The third-order valence-corrected chi connectivity index (χ3v) is 3.40. The third kappa shape index (κ3) is 5.23. The zero-order valence-corrected chi connectivity index (χ0v) is 14.6. The van der Waals surface area contributed by atoms with Gasteiger partial charge in [-0.1, -0.05) is 23.2 Å². The van der Waals surface area contributed by atoms with Crippen LogP contribution in [0.5, 0.6) is 11.5 Å². The van der Waals surface area contributed by atoms with Crippen LogP contribution in [-0.2, 0) is 9.53 Å². The second kappa shape index (κ2) is 8.55. The van der Waals surface area contributed by atoms with E-state index in [1.807, 2.05) is 0 Å². The third-order valence-electron chi connectivity index (χ3n) is 2.89. The van der Waals surface area contributed by atoms with Gasteiger partial charge >= 0.3 is 5.97 Å². The van der Waals surface area contributed by atoms with E-state index < -0.39 is 18.5 Å². The summed E-state index contributed by atoms with van der Waals surface area (Å²) >= 11 is 11.5. The number of hydrogen-bond donors (Lipinski definition) is 2. The number of amides is 1. The highest BCUT2D eigenvalue weighted by molar-refractivity contribution is 6.32. The van der Waals surface area contributed by atoms with Crippen molar-refractivity contribution in [1.29, 1.82) is 0 Å². The lowest BCUT2D eigenvalue weighted by Gasteiger charge is -2.10. The van der Waals surface area contributed by atoms with Crippen molar-refractivity contribution in [2.45, 2.75) is 6.92 Å². The van der Waals surface area contributed by atoms with Crippen LogP contribution < -0.4 is 10.1 Å². The van der Waals surface area contributed by atoms with Crippen molar-refractivity contribution in [2.24, 2.45) is 0 Å². The van der Waals surface area contributed by atoms with Crippen LogP contribution >= 0.6 is 23.2 Å². The van der Waals surface area contributed by atoms with Crippen LogP contribution in [0, 0.1) is 0 Å². The van der Waals surface area contributed by atoms with Gasteiger partial charge in [0.1, 0.15) is 5.82 Å². The van der Waals surface area contributed by atoms with Gasteiger partial charge in [0.2, 0.25) is 0 Å². The SMILES string of the molecule is CCOc1cc(C(=O)OCC(=O)Nc2ccc(Cl)cn2)cc(Cl)c1O. The van der Waals surface area contributed by atoms with Gasteiger partial charge in [0.05, 0.1) is 22.2 Å². The predicted molar refractivity (Wildman–Crippen MR) is 92.4 cm³/mol. The van der Waals surface area contributed by atoms with Gasteiger partial charge in [-0.05, 0) is 31.2 Å². The van der Waals surface area contributed by atoms with Crippen LogP contribution in [0.3, 0.4) is 0 Å². The Labute approximate surface area is 153 Å². The first-order chi connectivity index (χ1) is 11.9. The molecule has 0 radical (unpaired) electrons. The molecule has 2 aromatic rings. The molecule has 0 aliphatic heterocycles. The molecule has 1 heterocycles. The molecular weight excluding hydrogens is 371 g/mol. The molecule has 0 atom stereocenters. The number of ether oxygens (including phenoxy) is 2. The highest BCUT2D eigenvalue weighted by atomic mass is 35.5. The summed E-state index contributed by atoms with van der Waals surface area (Å²) < 4.78 is 10.1. The van der Waals surface area contributed by atoms with Crippen molar-refractivity contribution in [3.63, 3.8) is 0 Å². The Morgan fingerprint density at radius 1 is 1.28 bits per heavy atom. The van der Waals surface area contributed by atoms with E-state index in [0.29, 0.717) is 5.02 Å². The summed E-state index contributed by atoms with van der Waals surface area (Å²) in [6.07, 6.45) is 1.37. The molecule has 0 saturated heterocycles. The molecule has 1 amide bonds. The minimum atomic E-state index is -0.790. The Morgan fingerprint density at radius 2 is 2.04 bits per heavy atom. The highest BCUT2D eigenvalue weighted by Gasteiger charge is 2.16. The maximum Gasteiger partial charge on any atom is 0.338 e. The van der Waals surface area contributed by atoms with Gasteiger partial charge in [-0.3, -0.25) is 4.79 Å². The molecule has 132 valence electrons. The van der Waals surface area contributed by atoms with Crippen molar-refractivity contribution >= 4 is 40.9 Å². The van der Waals surface area contributed by atoms with Crippen LogP contribution in [0.2, 0.25) is 10.0 Å². The maximum atomic E-state index is 12.0. The molecule has 0 unspecified atom stereocenters. The second-order valence-electron chi connectivity index (χ2n) is 4.72. The normalized spacial score (nSPS) is 10.2. The molecule has 7 nitrogen and oxygen atoms in total. The number of carbonyl (C=O) groups is 2. The largest absolute Gasteiger partial charge is 0.503 e. The fourth-order valence-corrected chi connectivity index (χ4v) is 2.12. The first kappa shape index (κ1) is 18.8. The summed E-state index contributed by atoms with van der Waals surface area (Å²) in [5.74, 6) is -1.31. The molecule has 1 aromatic heterocycles. The van der Waals surface area contributed by atoms with E-state index in [2.05, 4.69) is 10.3 Å². The van der Waals surface area contributed by atoms with E-state index in [9.17, 15) is 14.7 Å². The number of nitrogens with zero attached hydrogens (tertiary/aromatic N) is 1. The number of aromatic hydroxyl groups is 1. The number of carbonyl (C=O) groups excluding carboxylic acids is 2. The number of hydrogen-bond acceptors (Lipinski definition) is 6. The Balaban J connectivity index is 1.97. The quantitative estimate of drug-likeness (QED) is 0.741. The summed E-state index contributed by atoms with van der Waals surface area (Å²) in [5.41, 5.74) is 0.0451. The number of benzene rings is 1. The number of phenols is 1. The standard InChI is InChI=1S/C16H14Cl2N2O5/c1-2-24-12-6-9(5-11(18)15(12)22)16(23)25-8-14(21)20-13-4-3-10(17)7-19-13/h3-7,22H,2,8H2,1H3,(H,19,20,21). The summed E-state index contributed by atoms with van der Waals surface area (Å²) in [5, 5.41) is 12.6. The van der Waals surface area contributed by atoms with Crippen molar-refractivity contribution in [3.05, 3.63) is 46.1 Å². The highest BCUT2D eigenvalue weighted by Crippen LogP contribution is 2.35. The lowest BCUT2D eigenvalue weighted by molar-refractivity contribution is -0.119. The van der Waals surface area contributed by atoms with Crippen molar-refractivity contribution in [2.75, 3.05) is 18.5 Å². The Kier molecular flexibility index (Phi) is 6.44. The fraction of sp³-hybridized carbons (Fsp3) is 0.188. The lowest BCUT2D eigenvalue weighted by atomic mass is 10.2. The average molecular weight is 385 g/mol. The Bertz CT molecular complexity index is 781. The molecule has 2 N–H and O–H groups in total. The van der Waals surface area contributed by atoms with Gasteiger partial charge in [-0.15, -0.1) is 0 Å². The number of aromatic nitrogens is 1. The van der Waals surface area contributed by atoms with Crippen LogP contribution in [0.15, 0.2) is 30.5 Å². The monoisotopic (exact) mass is 384 g/mol. The Hall–Kier alpha value is -2.51. The molecule has 2 rings (SSSR count). The molecule has 0 fully saturated rings. The summed E-state index contributed by atoms with van der Waals surface area (Å²) in [4.78, 5) is 27.7. The first-order valence-electron chi connectivity index (χ1n) is 7.14. The topological polar surface area (TPSA) is 97.8 Å². The van der Waals surface area contributed by atoms with Crippen molar-refractivity contribution in [1.82, 2.24) is 4.98 Å². The zero-order chi connectivity index (χ0) is 18.4. The van der Waals surface area contributed by atoms with E-state index >= 15 is 0 Å². The lowest BCUT2D eigenvalue weighted by Crippen LogP contribution is -2.21. The second-order valence-corrected chi connectivity index (χ2v) is 5.57. The summed E-state index contributed by atoms with van der Waals surface area (Å²) in [6, 6.07) is 5.58. The van der Waals surface area contributed by atoms with E-state index in [4.69, 9.17) is 32.7 Å². The number of esters is 1. The molecule has 25 heavy (non-hydrogen) atoms. The number of phenolic OH excluding ortho intramolecular Hbond substituents is 1. The molecule has 0 aliphatic rings. The zero-order valence-electron chi connectivity index (χ0n) is 13.1. The summed E-state index contributed by atoms with van der Waals surface area (Å²) in [6.45, 7) is 1.47.